The van der Waals surface area contributed by atoms with E-state index in [4.69, 9.17) is 14.7 Å². The highest BCUT2D eigenvalue weighted by atomic mass is 32.2. The van der Waals surface area contributed by atoms with Crippen molar-refractivity contribution in [3.8, 4) is 11.8 Å². The summed E-state index contributed by atoms with van der Waals surface area (Å²) in [5.41, 5.74) is 3.37. The molecule has 238 valence electrons. The van der Waals surface area contributed by atoms with Gasteiger partial charge in [-0.1, -0.05) is 51.1 Å². The van der Waals surface area contributed by atoms with Gasteiger partial charge in [-0.15, -0.1) is 0 Å². The number of carbonyl (C=O) groups is 1. The number of piperazine rings is 1. The van der Waals surface area contributed by atoms with Crippen molar-refractivity contribution < 1.29 is 18.8 Å². The number of fused-ring (bicyclic) bond motifs is 1. The number of phenolic OH excluding ortho intramolecular Hbond substituents is 1. The standard InChI is InChI=1S/C23H37N5O3S.C11H10O/c1-4-8-19-20(5-2)24-23(31-16-7-9-26-14-17-32(30)18-15-26)25-22(19)28-12-10-27(11-13-28)21(29)6-3;1-8-6-10(12)7-9-4-2-3-5-11(8)9/h6H,3-5,7-18H2,1-2H3;2-7,12H,1H3. The summed E-state index contributed by atoms with van der Waals surface area (Å²) in [6.45, 7) is 16.0. The number of aromatic nitrogens is 2. The van der Waals surface area contributed by atoms with Gasteiger partial charge in [-0.3, -0.25) is 9.00 Å². The fourth-order valence-electron chi connectivity index (χ4n) is 5.72. The molecule has 44 heavy (non-hydrogen) atoms. The first kappa shape index (κ1) is 33.4. The molecule has 0 atom stereocenters. The highest BCUT2D eigenvalue weighted by Gasteiger charge is 2.25. The van der Waals surface area contributed by atoms with Crippen LogP contribution in [-0.4, -0.2) is 98.9 Å². The largest absolute Gasteiger partial charge is 0.508 e. The summed E-state index contributed by atoms with van der Waals surface area (Å²) in [6.07, 6.45) is 5.07. The number of aryl methyl sites for hydroxylation is 2. The number of phenols is 1. The molecule has 2 fully saturated rings. The average Bonchev–Trinajstić information content (AvgIpc) is 3.04. The van der Waals surface area contributed by atoms with Gasteiger partial charge in [0.15, 0.2) is 0 Å². The number of ether oxygens (including phenoxy) is 1. The summed E-state index contributed by atoms with van der Waals surface area (Å²) in [5, 5.41) is 11.6. The molecule has 0 bridgehead atoms. The molecule has 2 saturated heterocycles. The van der Waals surface area contributed by atoms with Crippen LogP contribution < -0.4 is 9.64 Å². The molecule has 0 unspecified atom stereocenters. The summed E-state index contributed by atoms with van der Waals surface area (Å²) in [4.78, 5) is 27.9. The SMILES string of the molecule is C=CC(=O)N1CCN(c2nc(OCCCN3CCS(=O)CC3)nc(CC)c2CCC)CC1.Cc1cc(O)cc2ccccc12. The molecule has 2 aromatic carbocycles. The number of aromatic hydroxyl groups is 1. The molecular formula is C34H47N5O4S. The number of anilines is 1. The molecule has 3 heterocycles. The Morgan fingerprint density at radius 3 is 2.48 bits per heavy atom. The van der Waals surface area contributed by atoms with Crippen molar-refractivity contribution in [1.82, 2.24) is 19.8 Å². The molecular weight excluding hydrogens is 574 g/mol. The number of amides is 1. The lowest BCUT2D eigenvalue weighted by atomic mass is 10.1. The van der Waals surface area contributed by atoms with E-state index < -0.39 is 10.8 Å². The molecule has 0 spiro atoms. The molecule has 3 aromatic rings. The van der Waals surface area contributed by atoms with E-state index in [1.165, 1.54) is 17.0 Å². The lowest BCUT2D eigenvalue weighted by molar-refractivity contribution is -0.126. The summed E-state index contributed by atoms with van der Waals surface area (Å²) in [7, 11) is -0.641. The maximum atomic E-state index is 11.9. The number of benzene rings is 2. The summed E-state index contributed by atoms with van der Waals surface area (Å²) < 4.78 is 17.5. The van der Waals surface area contributed by atoms with Crippen LogP contribution in [0.4, 0.5) is 5.82 Å². The smallest absolute Gasteiger partial charge is 0.318 e. The third kappa shape index (κ3) is 9.01. The number of hydrogen-bond acceptors (Lipinski definition) is 8. The zero-order valence-corrected chi connectivity index (χ0v) is 27.3. The fraction of sp³-hybridized carbons (Fsp3) is 0.500. The molecule has 9 nitrogen and oxygen atoms in total. The van der Waals surface area contributed by atoms with Crippen LogP contribution >= 0.6 is 0 Å². The predicted molar refractivity (Wildman–Crippen MR) is 179 cm³/mol. The van der Waals surface area contributed by atoms with Crippen molar-refractivity contribution in [2.24, 2.45) is 0 Å². The van der Waals surface area contributed by atoms with Crippen molar-refractivity contribution in [1.29, 1.82) is 0 Å². The van der Waals surface area contributed by atoms with Gasteiger partial charge in [-0.2, -0.15) is 9.97 Å². The van der Waals surface area contributed by atoms with Gasteiger partial charge in [0.2, 0.25) is 5.91 Å². The van der Waals surface area contributed by atoms with Crippen LogP contribution in [-0.2, 0) is 28.4 Å². The van der Waals surface area contributed by atoms with Crippen LogP contribution in [0.2, 0.25) is 0 Å². The second kappa shape index (κ2) is 16.5. The van der Waals surface area contributed by atoms with Gasteiger partial charge < -0.3 is 24.5 Å². The van der Waals surface area contributed by atoms with E-state index in [-0.39, 0.29) is 5.91 Å². The van der Waals surface area contributed by atoms with Gasteiger partial charge in [0.25, 0.3) is 0 Å². The van der Waals surface area contributed by atoms with E-state index in [0.29, 0.717) is 31.5 Å². The molecule has 2 aliphatic heterocycles. The van der Waals surface area contributed by atoms with Gasteiger partial charge in [0.05, 0.1) is 12.3 Å². The molecule has 5 rings (SSSR count). The Hall–Kier alpha value is -3.50. The summed E-state index contributed by atoms with van der Waals surface area (Å²) >= 11 is 0. The van der Waals surface area contributed by atoms with Crippen LogP contribution in [0.5, 0.6) is 11.8 Å². The minimum absolute atomic E-state index is 0.0145. The zero-order chi connectivity index (χ0) is 31.5. The lowest BCUT2D eigenvalue weighted by Gasteiger charge is -2.36. The van der Waals surface area contributed by atoms with E-state index in [2.05, 4.69) is 36.3 Å². The molecule has 0 radical (unpaired) electrons. The highest BCUT2D eigenvalue weighted by molar-refractivity contribution is 7.85. The first-order valence-corrected chi connectivity index (χ1v) is 17.3. The number of nitrogens with zero attached hydrogens (tertiary/aromatic N) is 5. The number of rotatable bonds is 10. The van der Waals surface area contributed by atoms with Crippen molar-refractivity contribution in [2.75, 3.05) is 68.8 Å². The third-order valence-corrected chi connectivity index (χ3v) is 9.40. The molecule has 1 aromatic heterocycles. The van der Waals surface area contributed by atoms with Gasteiger partial charge in [-0.25, -0.2) is 0 Å². The Kier molecular flexibility index (Phi) is 12.6. The van der Waals surface area contributed by atoms with E-state index in [9.17, 15) is 14.1 Å². The maximum absolute atomic E-state index is 11.9. The van der Waals surface area contributed by atoms with Gasteiger partial charge in [0, 0.05) is 73.7 Å². The van der Waals surface area contributed by atoms with Gasteiger partial charge in [-0.05, 0) is 60.7 Å². The van der Waals surface area contributed by atoms with Crippen molar-refractivity contribution in [3.63, 3.8) is 0 Å². The Morgan fingerprint density at radius 2 is 1.80 bits per heavy atom. The van der Waals surface area contributed by atoms with E-state index in [1.54, 1.807) is 12.1 Å². The Labute approximate surface area is 264 Å². The number of hydrogen-bond donors (Lipinski definition) is 1. The van der Waals surface area contributed by atoms with Crippen molar-refractivity contribution in [2.45, 2.75) is 46.5 Å². The fourth-order valence-corrected chi connectivity index (χ4v) is 6.85. The maximum Gasteiger partial charge on any atom is 0.318 e. The van der Waals surface area contributed by atoms with E-state index in [1.807, 2.05) is 30.0 Å². The molecule has 2 aliphatic rings. The topological polar surface area (TPSA) is 99.1 Å². The quantitative estimate of drug-likeness (QED) is 0.261. The molecule has 1 N–H and O–H groups in total. The van der Waals surface area contributed by atoms with Gasteiger partial charge in [0.1, 0.15) is 11.6 Å². The normalized spacial score (nSPS) is 16.0. The predicted octanol–water partition coefficient (Wildman–Crippen LogP) is 4.51. The zero-order valence-electron chi connectivity index (χ0n) is 26.5. The summed E-state index contributed by atoms with van der Waals surface area (Å²) in [5.74, 6) is 2.83. The minimum Gasteiger partial charge on any atom is -0.508 e. The van der Waals surface area contributed by atoms with Crippen LogP contribution in [0.15, 0.2) is 49.1 Å². The van der Waals surface area contributed by atoms with Crippen LogP contribution in [0, 0.1) is 6.92 Å². The summed E-state index contributed by atoms with van der Waals surface area (Å²) in [6, 6.07) is 12.0. The molecule has 10 heteroatoms. The Balaban J connectivity index is 0.000000305. The highest BCUT2D eigenvalue weighted by Crippen LogP contribution is 2.27. The second-order valence-electron chi connectivity index (χ2n) is 11.3. The van der Waals surface area contributed by atoms with E-state index in [0.717, 1.165) is 92.4 Å². The van der Waals surface area contributed by atoms with Crippen LogP contribution in [0.1, 0.15) is 43.5 Å². The second-order valence-corrected chi connectivity index (χ2v) is 12.9. The van der Waals surface area contributed by atoms with E-state index >= 15 is 0 Å². The van der Waals surface area contributed by atoms with Crippen LogP contribution in [0.3, 0.4) is 0 Å². The lowest BCUT2D eigenvalue weighted by Crippen LogP contribution is -2.49. The van der Waals surface area contributed by atoms with Gasteiger partial charge >= 0.3 is 6.01 Å². The molecule has 0 aliphatic carbocycles. The minimum atomic E-state index is -0.641. The molecule has 0 saturated carbocycles. The Morgan fingerprint density at radius 1 is 1.07 bits per heavy atom. The van der Waals surface area contributed by atoms with Crippen LogP contribution in [0.25, 0.3) is 10.8 Å². The van der Waals surface area contributed by atoms with Crippen molar-refractivity contribution >= 4 is 33.3 Å². The number of carbonyl (C=O) groups excluding carboxylic acids is 1. The third-order valence-electron chi connectivity index (χ3n) is 8.12. The first-order valence-electron chi connectivity index (χ1n) is 15.8. The van der Waals surface area contributed by atoms with Crippen molar-refractivity contribution in [3.05, 3.63) is 65.9 Å². The first-order chi connectivity index (χ1) is 21.3. The monoisotopic (exact) mass is 621 g/mol. The average molecular weight is 622 g/mol. The Bertz CT molecular complexity index is 1430. The molecule has 1 amide bonds.